The minimum atomic E-state index is -10.7. The maximum Gasteiger partial charge on any atom is 0.166 e. The van der Waals surface area contributed by atoms with E-state index in [2.05, 4.69) is 0 Å². The first-order valence-corrected chi connectivity index (χ1v) is 10.9. The van der Waals surface area contributed by atoms with Crippen molar-refractivity contribution in [3.8, 4) is 0 Å². The molecule has 0 aliphatic heterocycles. The normalized spacial score (nSPS) is 13.9. The van der Waals surface area contributed by atoms with Crippen molar-refractivity contribution in [2.24, 2.45) is 0 Å². The van der Waals surface area contributed by atoms with Crippen molar-refractivity contribution in [3.63, 3.8) is 0 Å². The Bertz CT molecular complexity index is 833. The molecule has 0 aliphatic rings. The molecular weight excluding hydrogens is 450 g/mol. The Morgan fingerprint density at radius 3 is 0.759 bits per heavy atom. The van der Waals surface area contributed by atoms with Crippen LogP contribution in [0.25, 0.3) is 0 Å². The summed E-state index contributed by atoms with van der Waals surface area (Å²) in [4.78, 5) is 2.67. The Hall–Kier alpha value is -2.19. The largest absolute Gasteiger partial charge is 0.207 e. The standard InChI is InChI=1S/C18H12F3S.F6P/c19-13-1-7-16(8-2-13)22(17-9-3-14(20)4-10-17)18-11-5-15(21)6-12-18;1-7(2,3,4,5)6/h1-12H;/q+1;-1. The zero-order chi connectivity index (χ0) is 21.9. The van der Waals surface area contributed by atoms with Crippen molar-refractivity contribution in [1.82, 2.24) is 0 Å². The quantitative estimate of drug-likeness (QED) is 0.208. The van der Waals surface area contributed by atoms with E-state index < -0.39 is 18.7 Å². The molecule has 3 aromatic rings. The van der Waals surface area contributed by atoms with Crippen LogP contribution in [0.5, 0.6) is 0 Å². The topological polar surface area (TPSA) is 0 Å². The van der Waals surface area contributed by atoms with Gasteiger partial charge in [0.15, 0.2) is 14.7 Å². The van der Waals surface area contributed by atoms with Crippen molar-refractivity contribution in [2.45, 2.75) is 14.7 Å². The minimum absolute atomic E-state index is 0.314. The van der Waals surface area contributed by atoms with E-state index in [1.54, 1.807) is 36.4 Å². The van der Waals surface area contributed by atoms with Gasteiger partial charge in [-0.15, -0.1) is 0 Å². The molecule has 0 spiro atoms. The van der Waals surface area contributed by atoms with Crippen molar-refractivity contribution < 1.29 is 38.4 Å². The summed E-state index contributed by atoms with van der Waals surface area (Å²) in [7, 11) is -11.2. The number of hydrogen-bond donors (Lipinski definition) is 0. The molecule has 0 saturated carbocycles. The van der Waals surface area contributed by atoms with Crippen LogP contribution in [-0.2, 0) is 10.9 Å². The zero-order valence-corrected chi connectivity index (χ0v) is 15.9. The molecule has 0 radical (unpaired) electrons. The molecule has 0 N–H and O–H groups in total. The van der Waals surface area contributed by atoms with Gasteiger partial charge in [-0.3, -0.25) is 0 Å². The van der Waals surface area contributed by atoms with Crippen LogP contribution in [0, 0.1) is 17.5 Å². The molecule has 3 aromatic carbocycles. The van der Waals surface area contributed by atoms with Crippen LogP contribution in [0.3, 0.4) is 0 Å². The predicted molar refractivity (Wildman–Crippen MR) is 94.9 cm³/mol. The van der Waals surface area contributed by atoms with Gasteiger partial charge in [-0.1, -0.05) is 0 Å². The van der Waals surface area contributed by atoms with E-state index in [-0.39, 0.29) is 17.5 Å². The molecule has 0 fully saturated rings. The molecule has 158 valence electrons. The van der Waals surface area contributed by atoms with Gasteiger partial charge in [0.2, 0.25) is 0 Å². The number of rotatable bonds is 3. The maximum absolute atomic E-state index is 13.2. The van der Waals surface area contributed by atoms with Crippen LogP contribution in [0.1, 0.15) is 0 Å². The van der Waals surface area contributed by atoms with Gasteiger partial charge < -0.3 is 0 Å². The van der Waals surface area contributed by atoms with Crippen molar-refractivity contribution in [3.05, 3.63) is 90.2 Å². The summed E-state index contributed by atoms with van der Waals surface area (Å²) in [6, 6.07) is 18.5. The van der Waals surface area contributed by atoms with E-state index in [1.165, 1.54) is 36.4 Å². The Labute approximate surface area is 162 Å². The minimum Gasteiger partial charge on any atom is -0.207 e. The third-order valence-corrected chi connectivity index (χ3v) is 5.38. The monoisotopic (exact) mass is 462 g/mol. The van der Waals surface area contributed by atoms with Crippen LogP contribution < -0.4 is 0 Å². The molecule has 29 heavy (non-hydrogen) atoms. The fourth-order valence-corrected chi connectivity index (χ4v) is 4.16. The SMILES string of the molecule is F[P-](F)(F)(F)(F)F.Fc1ccc([S+](c2ccc(F)cc2)c2ccc(F)cc2)cc1. The van der Waals surface area contributed by atoms with Crippen LogP contribution in [0.4, 0.5) is 38.4 Å². The van der Waals surface area contributed by atoms with Crippen molar-refractivity contribution >= 4 is 18.7 Å². The third kappa shape index (κ3) is 9.23. The van der Waals surface area contributed by atoms with Gasteiger partial charge in [0.05, 0.1) is 10.9 Å². The van der Waals surface area contributed by atoms with E-state index in [0.29, 0.717) is 0 Å². The van der Waals surface area contributed by atoms with Crippen LogP contribution in [0.2, 0.25) is 0 Å². The molecule has 0 unspecified atom stereocenters. The van der Waals surface area contributed by atoms with Crippen LogP contribution >= 0.6 is 7.81 Å². The molecule has 0 aromatic heterocycles. The number of hydrogen-bond acceptors (Lipinski definition) is 0. The Balaban J connectivity index is 0.000000370. The Morgan fingerprint density at radius 2 is 0.586 bits per heavy atom. The zero-order valence-electron chi connectivity index (χ0n) is 14.2. The number of benzene rings is 3. The summed E-state index contributed by atoms with van der Waals surface area (Å²) in [5, 5.41) is 0. The third-order valence-electron chi connectivity index (χ3n) is 3.15. The second-order valence-corrected chi connectivity index (χ2v) is 9.57. The summed E-state index contributed by atoms with van der Waals surface area (Å²) in [6.07, 6.45) is 0. The fraction of sp³-hybridized carbons (Fsp3) is 0. The second-order valence-electron chi connectivity index (χ2n) is 5.63. The molecule has 11 heteroatoms. The molecule has 3 rings (SSSR count). The van der Waals surface area contributed by atoms with Gasteiger partial charge >= 0.3 is 33.0 Å². The molecule has 0 nitrogen and oxygen atoms in total. The van der Waals surface area contributed by atoms with E-state index in [0.717, 1.165) is 14.7 Å². The first-order chi connectivity index (χ1) is 13.1. The maximum atomic E-state index is 13.2. The average molecular weight is 462 g/mol. The summed E-state index contributed by atoms with van der Waals surface area (Å²) < 4.78 is 98.7. The van der Waals surface area contributed by atoms with Gasteiger partial charge in [-0.05, 0) is 72.8 Å². The Morgan fingerprint density at radius 1 is 0.414 bits per heavy atom. The first kappa shape index (κ1) is 23.1. The van der Waals surface area contributed by atoms with E-state index in [1.807, 2.05) is 0 Å². The van der Waals surface area contributed by atoms with Gasteiger partial charge in [-0.25, -0.2) is 13.2 Å². The van der Waals surface area contributed by atoms with Crippen molar-refractivity contribution in [1.29, 1.82) is 0 Å². The fourth-order valence-electron chi connectivity index (χ4n) is 2.12. The van der Waals surface area contributed by atoms with Gasteiger partial charge in [0.1, 0.15) is 17.5 Å². The molecule has 0 atom stereocenters. The van der Waals surface area contributed by atoms with Gasteiger partial charge in [-0.2, -0.15) is 0 Å². The molecule has 0 heterocycles. The molecule has 0 amide bonds. The summed E-state index contributed by atoms with van der Waals surface area (Å²) >= 11 is 0. The molecular formula is C18H12F9PS. The van der Waals surface area contributed by atoms with Crippen molar-refractivity contribution in [2.75, 3.05) is 0 Å². The molecule has 0 aliphatic carbocycles. The van der Waals surface area contributed by atoms with E-state index in [4.69, 9.17) is 0 Å². The molecule has 0 saturated heterocycles. The van der Waals surface area contributed by atoms with Crippen LogP contribution in [0.15, 0.2) is 87.5 Å². The van der Waals surface area contributed by atoms with Crippen LogP contribution in [-0.4, -0.2) is 0 Å². The number of halogens is 9. The van der Waals surface area contributed by atoms with E-state index in [9.17, 15) is 38.4 Å². The predicted octanol–water partition coefficient (Wildman–Crippen LogP) is 8.58. The summed E-state index contributed by atoms with van der Waals surface area (Å²) in [5.74, 6) is -0.943. The smallest absolute Gasteiger partial charge is 0.166 e. The molecule has 0 bridgehead atoms. The Kier molecular flexibility index (Phi) is 6.03. The summed E-state index contributed by atoms with van der Waals surface area (Å²) in [6.45, 7) is 0. The average Bonchev–Trinajstić information content (AvgIpc) is 2.57. The second kappa shape index (κ2) is 7.57. The van der Waals surface area contributed by atoms with E-state index >= 15 is 0 Å². The first-order valence-electron chi connectivity index (χ1n) is 7.66. The van der Waals surface area contributed by atoms with Gasteiger partial charge in [0.25, 0.3) is 0 Å². The summed E-state index contributed by atoms with van der Waals surface area (Å²) in [5.41, 5.74) is 0. The van der Waals surface area contributed by atoms with Gasteiger partial charge in [0, 0.05) is 0 Å².